The van der Waals surface area contributed by atoms with E-state index in [0.717, 1.165) is 11.4 Å². The molecule has 0 radical (unpaired) electrons. The molecule has 1 aromatic heterocycles. The Labute approximate surface area is 89.8 Å². The Morgan fingerprint density at radius 1 is 1.00 bits per heavy atom. The molecule has 15 heavy (non-hydrogen) atoms. The van der Waals surface area contributed by atoms with Gasteiger partial charge in [-0.15, -0.1) is 0 Å². The predicted molar refractivity (Wildman–Crippen MR) is 59.1 cm³/mol. The normalized spacial score (nSPS) is 9.93. The van der Waals surface area contributed by atoms with Crippen molar-refractivity contribution in [3.8, 4) is 11.4 Å². The van der Waals surface area contributed by atoms with Gasteiger partial charge in [-0.1, -0.05) is 6.07 Å². The van der Waals surface area contributed by atoms with E-state index in [0.29, 0.717) is 6.61 Å². The molecule has 0 unspecified atom stereocenters. The Balaban J connectivity index is 2.24. The highest BCUT2D eigenvalue weighted by atomic mass is 16.5. The van der Waals surface area contributed by atoms with Crippen LogP contribution in [0.4, 0.5) is 0 Å². The smallest absolute Gasteiger partial charge is 0.210 e. The van der Waals surface area contributed by atoms with Crippen LogP contribution >= 0.6 is 0 Å². The highest BCUT2D eigenvalue weighted by Gasteiger charge is 2.03. The molecule has 0 aliphatic rings. The number of hydrogen-bond donors (Lipinski definition) is 0. The van der Waals surface area contributed by atoms with Crippen molar-refractivity contribution in [2.24, 2.45) is 0 Å². The summed E-state index contributed by atoms with van der Waals surface area (Å²) in [7, 11) is 0. The standard InChI is InChI=1S/C13H14NO/c1-2-15-13-8-6-12(7-9-13)14-10-4-3-5-11-14/h3-11H,2H2,1H3/q+1. The van der Waals surface area contributed by atoms with Crippen LogP contribution in [0.2, 0.25) is 0 Å². The molecule has 0 aliphatic heterocycles. The molecule has 2 heteroatoms. The first kappa shape index (κ1) is 9.71. The van der Waals surface area contributed by atoms with E-state index in [1.54, 1.807) is 0 Å². The number of aromatic nitrogens is 1. The first-order chi connectivity index (χ1) is 7.40. The summed E-state index contributed by atoms with van der Waals surface area (Å²) in [6.45, 7) is 2.69. The summed E-state index contributed by atoms with van der Waals surface area (Å²) < 4.78 is 7.45. The maximum atomic E-state index is 5.39. The number of pyridine rings is 1. The zero-order valence-corrected chi connectivity index (χ0v) is 8.76. The molecule has 0 N–H and O–H groups in total. The van der Waals surface area contributed by atoms with E-state index in [-0.39, 0.29) is 0 Å². The summed E-state index contributed by atoms with van der Waals surface area (Å²) in [5.74, 6) is 0.915. The van der Waals surface area contributed by atoms with Crippen molar-refractivity contribution in [2.75, 3.05) is 6.61 Å². The third-order valence-electron chi connectivity index (χ3n) is 2.16. The molecule has 2 aromatic rings. The monoisotopic (exact) mass is 200 g/mol. The highest BCUT2D eigenvalue weighted by molar-refractivity contribution is 5.31. The van der Waals surface area contributed by atoms with Crippen LogP contribution in [0.5, 0.6) is 5.75 Å². The van der Waals surface area contributed by atoms with Crippen LogP contribution in [-0.4, -0.2) is 6.61 Å². The molecule has 0 atom stereocenters. The molecule has 0 amide bonds. The van der Waals surface area contributed by atoms with Crippen molar-refractivity contribution < 1.29 is 9.30 Å². The first-order valence-electron chi connectivity index (χ1n) is 5.09. The van der Waals surface area contributed by atoms with Gasteiger partial charge in [0.25, 0.3) is 0 Å². The van der Waals surface area contributed by atoms with E-state index in [9.17, 15) is 0 Å². The van der Waals surface area contributed by atoms with Crippen LogP contribution in [0.25, 0.3) is 5.69 Å². The van der Waals surface area contributed by atoms with E-state index in [1.807, 2.05) is 61.8 Å². The molecule has 0 spiro atoms. The lowest BCUT2D eigenvalue weighted by molar-refractivity contribution is -0.595. The van der Waals surface area contributed by atoms with Gasteiger partial charge in [0, 0.05) is 24.3 Å². The molecule has 0 saturated heterocycles. The molecular formula is C13H14NO+. The van der Waals surface area contributed by atoms with Gasteiger partial charge in [-0.25, -0.2) is 0 Å². The Kier molecular flexibility index (Phi) is 2.98. The third kappa shape index (κ3) is 2.34. The fourth-order valence-electron chi connectivity index (χ4n) is 1.45. The summed E-state index contributed by atoms with van der Waals surface area (Å²) >= 11 is 0. The average molecular weight is 200 g/mol. The largest absolute Gasteiger partial charge is 0.494 e. The average Bonchev–Trinajstić information content (AvgIpc) is 2.32. The third-order valence-corrected chi connectivity index (χ3v) is 2.16. The lowest BCUT2D eigenvalue weighted by Gasteiger charge is -2.01. The quantitative estimate of drug-likeness (QED) is 0.693. The van der Waals surface area contributed by atoms with Crippen molar-refractivity contribution in [1.29, 1.82) is 0 Å². The van der Waals surface area contributed by atoms with Crippen LogP contribution in [0, 0.1) is 0 Å². The van der Waals surface area contributed by atoms with Crippen molar-refractivity contribution in [2.45, 2.75) is 6.92 Å². The Hall–Kier alpha value is -1.83. The van der Waals surface area contributed by atoms with Gasteiger partial charge in [-0.2, -0.15) is 4.57 Å². The van der Waals surface area contributed by atoms with Gasteiger partial charge in [0.2, 0.25) is 5.69 Å². The number of ether oxygens (including phenoxy) is 1. The molecule has 76 valence electrons. The van der Waals surface area contributed by atoms with Gasteiger partial charge < -0.3 is 4.74 Å². The summed E-state index contributed by atoms with van der Waals surface area (Å²) in [5.41, 5.74) is 1.14. The molecule has 1 heterocycles. The number of nitrogens with zero attached hydrogens (tertiary/aromatic N) is 1. The van der Waals surface area contributed by atoms with E-state index in [1.165, 1.54) is 0 Å². The van der Waals surface area contributed by atoms with E-state index >= 15 is 0 Å². The molecule has 1 aromatic carbocycles. The molecule has 2 rings (SSSR count). The SMILES string of the molecule is CCOc1ccc(-[n+]2ccccc2)cc1. The van der Waals surface area contributed by atoms with Crippen molar-refractivity contribution in [3.05, 3.63) is 54.9 Å². The maximum Gasteiger partial charge on any atom is 0.210 e. The summed E-state index contributed by atoms with van der Waals surface area (Å²) in [5, 5.41) is 0. The van der Waals surface area contributed by atoms with E-state index in [4.69, 9.17) is 4.74 Å². The topological polar surface area (TPSA) is 13.1 Å². The van der Waals surface area contributed by atoms with Crippen molar-refractivity contribution >= 4 is 0 Å². The Morgan fingerprint density at radius 2 is 1.67 bits per heavy atom. The highest BCUT2D eigenvalue weighted by Crippen LogP contribution is 2.11. The second kappa shape index (κ2) is 4.60. The summed E-state index contributed by atoms with van der Waals surface area (Å²) in [4.78, 5) is 0. The lowest BCUT2D eigenvalue weighted by Crippen LogP contribution is -2.28. The second-order valence-electron chi connectivity index (χ2n) is 3.21. The fraction of sp³-hybridized carbons (Fsp3) is 0.154. The summed E-state index contributed by atoms with van der Waals surface area (Å²) in [6.07, 6.45) is 4.05. The second-order valence-corrected chi connectivity index (χ2v) is 3.21. The fourth-order valence-corrected chi connectivity index (χ4v) is 1.45. The van der Waals surface area contributed by atoms with Crippen molar-refractivity contribution in [3.63, 3.8) is 0 Å². The van der Waals surface area contributed by atoms with Crippen molar-refractivity contribution in [1.82, 2.24) is 0 Å². The van der Waals surface area contributed by atoms with Gasteiger partial charge in [0.15, 0.2) is 12.4 Å². The zero-order valence-electron chi connectivity index (χ0n) is 8.76. The van der Waals surface area contributed by atoms with E-state index < -0.39 is 0 Å². The molecule has 2 nitrogen and oxygen atoms in total. The predicted octanol–water partition coefficient (Wildman–Crippen LogP) is 2.36. The van der Waals surface area contributed by atoms with Crippen LogP contribution < -0.4 is 9.30 Å². The zero-order chi connectivity index (χ0) is 10.5. The minimum Gasteiger partial charge on any atom is -0.494 e. The molecule has 0 aliphatic carbocycles. The number of rotatable bonds is 3. The molecule has 0 fully saturated rings. The minimum atomic E-state index is 0.706. The molecule has 0 saturated carbocycles. The van der Waals surface area contributed by atoms with Crippen LogP contribution in [0.15, 0.2) is 54.9 Å². The van der Waals surface area contributed by atoms with Crippen LogP contribution in [0.1, 0.15) is 6.92 Å². The Morgan fingerprint density at radius 3 is 2.27 bits per heavy atom. The van der Waals surface area contributed by atoms with E-state index in [2.05, 4.69) is 4.57 Å². The van der Waals surface area contributed by atoms with Gasteiger partial charge in [0.05, 0.1) is 6.61 Å². The first-order valence-corrected chi connectivity index (χ1v) is 5.09. The Bertz CT molecular complexity index is 408. The lowest BCUT2D eigenvalue weighted by atomic mass is 10.3. The van der Waals surface area contributed by atoms with Crippen LogP contribution in [-0.2, 0) is 0 Å². The number of hydrogen-bond acceptors (Lipinski definition) is 1. The van der Waals surface area contributed by atoms with Gasteiger partial charge in [0.1, 0.15) is 5.75 Å². The van der Waals surface area contributed by atoms with Gasteiger partial charge in [-0.3, -0.25) is 0 Å². The van der Waals surface area contributed by atoms with Crippen LogP contribution in [0.3, 0.4) is 0 Å². The molecular weight excluding hydrogens is 186 g/mol. The maximum absolute atomic E-state index is 5.39. The number of benzene rings is 1. The summed E-state index contributed by atoms with van der Waals surface area (Å²) in [6, 6.07) is 14.1. The van der Waals surface area contributed by atoms with Gasteiger partial charge >= 0.3 is 0 Å². The molecule has 0 bridgehead atoms. The minimum absolute atomic E-state index is 0.706. The van der Waals surface area contributed by atoms with Gasteiger partial charge in [-0.05, 0) is 19.1 Å².